The molecule has 166 valence electrons. The van der Waals surface area contributed by atoms with Crippen LogP contribution in [0.4, 0.5) is 5.69 Å². The SMILES string of the molecule is CNCCNC(=O)c1ccc2c(c1)OCCc1cc(C(=O)N(C)c3ccccc3Cl)sc1-2. The van der Waals surface area contributed by atoms with Crippen molar-refractivity contribution in [3.63, 3.8) is 0 Å². The molecule has 1 aliphatic rings. The molecule has 6 nitrogen and oxygen atoms in total. The number of para-hydroxylation sites is 1. The minimum Gasteiger partial charge on any atom is -0.493 e. The molecule has 0 atom stereocenters. The van der Waals surface area contributed by atoms with Gasteiger partial charge in [0.15, 0.2) is 0 Å². The number of hydrogen-bond acceptors (Lipinski definition) is 5. The average molecular weight is 470 g/mol. The molecule has 0 aliphatic carbocycles. The summed E-state index contributed by atoms with van der Waals surface area (Å²) in [6.45, 7) is 1.73. The summed E-state index contributed by atoms with van der Waals surface area (Å²) in [6.07, 6.45) is 0.688. The van der Waals surface area contributed by atoms with Crippen LogP contribution in [0.2, 0.25) is 5.02 Å². The summed E-state index contributed by atoms with van der Waals surface area (Å²) in [4.78, 5) is 28.8. The van der Waals surface area contributed by atoms with E-state index in [1.165, 1.54) is 11.3 Å². The molecule has 4 rings (SSSR count). The van der Waals surface area contributed by atoms with Crippen molar-refractivity contribution in [3.05, 3.63) is 69.6 Å². The Bertz CT molecular complexity index is 1160. The Labute approximate surface area is 196 Å². The first-order valence-corrected chi connectivity index (χ1v) is 11.5. The van der Waals surface area contributed by atoms with Crippen molar-refractivity contribution in [2.75, 3.05) is 38.7 Å². The number of ether oxygens (including phenoxy) is 1. The van der Waals surface area contributed by atoms with Crippen molar-refractivity contribution in [1.29, 1.82) is 0 Å². The summed E-state index contributed by atoms with van der Waals surface area (Å²) in [5.74, 6) is 0.407. The molecular weight excluding hydrogens is 446 g/mol. The van der Waals surface area contributed by atoms with Gasteiger partial charge in [-0.2, -0.15) is 0 Å². The molecular formula is C24H24ClN3O3S. The molecule has 0 radical (unpaired) electrons. The van der Waals surface area contributed by atoms with E-state index in [0.717, 1.165) is 16.0 Å². The van der Waals surface area contributed by atoms with E-state index in [9.17, 15) is 9.59 Å². The van der Waals surface area contributed by atoms with Gasteiger partial charge < -0.3 is 20.3 Å². The van der Waals surface area contributed by atoms with E-state index < -0.39 is 0 Å². The fourth-order valence-corrected chi connectivity index (χ4v) is 5.07. The number of carbonyl (C=O) groups is 2. The van der Waals surface area contributed by atoms with Gasteiger partial charge in [0, 0.05) is 42.6 Å². The number of benzene rings is 2. The van der Waals surface area contributed by atoms with Gasteiger partial charge >= 0.3 is 0 Å². The zero-order chi connectivity index (χ0) is 22.7. The smallest absolute Gasteiger partial charge is 0.268 e. The Kier molecular flexibility index (Phi) is 6.79. The number of anilines is 1. The van der Waals surface area contributed by atoms with Crippen molar-refractivity contribution in [2.24, 2.45) is 0 Å². The molecule has 8 heteroatoms. The predicted octanol–water partition coefficient (Wildman–Crippen LogP) is 4.23. The lowest BCUT2D eigenvalue weighted by atomic mass is 10.0. The average Bonchev–Trinajstić information content (AvgIpc) is 3.14. The molecule has 3 aromatic rings. The summed E-state index contributed by atoms with van der Waals surface area (Å²) >= 11 is 7.71. The number of rotatable bonds is 6. The topological polar surface area (TPSA) is 70.7 Å². The quantitative estimate of drug-likeness (QED) is 0.530. The molecule has 2 N–H and O–H groups in total. The Morgan fingerprint density at radius 1 is 1.16 bits per heavy atom. The number of thiophene rings is 1. The van der Waals surface area contributed by atoms with Crippen LogP contribution in [0.1, 0.15) is 25.6 Å². The Hall–Kier alpha value is -2.87. The number of fused-ring (bicyclic) bond motifs is 3. The first kappa shape index (κ1) is 22.3. The number of halogens is 1. The third kappa shape index (κ3) is 4.50. The molecule has 2 amide bonds. The van der Waals surface area contributed by atoms with Gasteiger partial charge in [-0.05, 0) is 49.0 Å². The van der Waals surface area contributed by atoms with E-state index in [0.29, 0.717) is 53.0 Å². The number of nitrogens with one attached hydrogen (secondary N) is 2. The molecule has 0 saturated heterocycles. The number of carbonyl (C=O) groups excluding carboxylic acids is 2. The summed E-state index contributed by atoms with van der Waals surface area (Å²) in [5.41, 5.74) is 3.18. The predicted molar refractivity (Wildman–Crippen MR) is 129 cm³/mol. The second-order valence-electron chi connectivity index (χ2n) is 7.45. The van der Waals surface area contributed by atoms with Crippen molar-refractivity contribution in [3.8, 4) is 16.2 Å². The zero-order valence-electron chi connectivity index (χ0n) is 17.9. The first-order valence-electron chi connectivity index (χ1n) is 10.3. The van der Waals surface area contributed by atoms with Crippen LogP contribution >= 0.6 is 22.9 Å². The van der Waals surface area contributed by atoms with Crippen LogP contribution in [0, 0.1) is 0 Å². The molecule has 32 heavy (non-hydrogen) atoms. The van der Waals surface area contributed by atoms with E-state index in [1.807, 2.05) is 37.4 Å². The van der Waals surface area contributed by atoms with Gasteiger partial charge in [-0.25, -0.2) is 0 Å². The van der Waals surface area contributed by atoms with Gasteiger partial charge in [0.1, 0.15) is 5.75 Å². The molecule has 2 aromatic carbocycles. The minimum absolute atomic E-state index is 0.112. The largest absolute Gasteiger partial charge is 0.493 e. The Morgan fingerprint density at radius 2 is 1.97 bits per heavy atom. The van der Waals surface area contributed by atoms with E-state index in [1.54, 1.807) is 30.1 Å². The van der Waals surface area contributed by atoms with Crippen molar-refractivity contribution >= 4 is 40.4 Å². The van der Waals surface area contributed by atoms with E-state index in [-0.39, 0.29) is 11.8 Å². The van der Waals surface area contributed by atoms with Gasteiger partial charge in [0.2, 0.25) is 0 Å². The van der Waals surface area contributed by atoms with Crippen LogP contribution in [-0.4, -0.2) is 45.6 Å². The zero-order valence-corrected chi connectivity index (χ0v) is 19.5. The second kappa shape index (κ2) is 9.73. The van der Waals surface area contributed by atoms with Crippen LogP contribution in [0.5, 0.6) is 5.75 Å². The van der Waals surface area contributed by atoms with Crippen LogP contribution in [-0.2, 0) is 6.42 Å². The molecule has 0 unspecified atom stereocenters. The second-order valence-corrected chi connectivity index (χ2v) is 8.91. The first-order chi connectivity index (χ1) is 15.5. The van der Waals surface area contributed by atoms with Crippen molar-refractivity contribution in [2.45, 2.75) is 6.42 Å². The van der Waals surface area contributed by atoms with Gasteiger partial charge in [0.25, 0.3) is 11.8 Å². The lowest BCUT2D eigenvalue weighted by molar-refractivity contribution is 0.0952. The molecule has 1 aliphatic heterocycles. The standard InChI is InChI=1S/C24H24ClN3O3S/c1-26-10-11-27-23(29)16-7-8-17-20(13-16)31-12-9-15-14-21(32-22(15)17)24(30)28(2)19-6-4-3-5-18(19)25/h3-8,13-14,26H,9-12H2,1-2H3,(H,27,29). The molecule has 1 aromatic heterocycles. The van der Waals surface area contributed by atoms with Gasteiger partial charge in [-0.3, -0.25) is 9.59 Å². The van der Waals surface area contributed by atoms with Crippen molar-refractivity contribution < 1.29 is 14.3 Å². The molecule has 0 spiro atoms. The number of hydrogen-bond donors (Lipinski definition) is 2. The van der Waals surface area contributed by atoms with Crippen LogP contribution in [0.15, 0.2) is 48.5 Å². The molecule has 0 saturated carbocycles. The van der Waals surface area contributed by atoms with E-state index in [2.05, 4.69) is 10.6 Å². The summed E-state index contributed by atoms with van der Waals surface area (Å²) < 4.78 is 5.94. The maximum Gasteiger partial charge on any atom is 0.268 e. The molecule has 0 fully saturated rings. The maximum absolute atomic E-state index is 13.2. The van der Waals surface area contributed by atoms with Gasteiger partial charge in [-0.1, -0.05) is 23.7 Å². The van der Waals surface area contributed by atoms with Gasteiger partial charge in [-0.15, -0.1) is 11.3 Å². The van der Waals surface area contributed by atoms with Gasteiger partial charge in [0.05, 0.1) is 22.2 Å². The normalized spacial score (nSPS) is 12.2. The highest BCUT2D eigenvalue weighted by molar-refractivity contribution is 7.17. The Morgan fingerprint density at radius 3 is 2.75 bits per heavy atom. The third-order valence-corrected chi connectivity index (χ3v) is 6.83. The number of nitrogens with zero attached hydrogens (tertiary/aromatic N) is 1. The minimum atomic E-state index is -0.139. The van der Waals surface area contributed by atoms with E-state index >= 15 is 0 Å². The summed E-state index contributed by atoms with van der Waals surface area (Å²) in [5, 5.41) is 6.41. The Balaban J connectivity index is 1.62. The molecule has 2 heterocycles. The van der Waals surface area contributed by atoms with E-state index in [4.69, 9.17) is 16.3 Å². The van der Waals surface area contributed by atoms with Crippen LogP contribution in [0.25, 0.3) is 10.4 Å². The summed E-state index contributed by atoms with van der Waals surface area (Å²) in [7, 11) is 3.57. The van der Waals surface area contributed by atoms with Crippen LogP contribution < -0.4 is 20.3 Å². The fourth-order valence-electron chi connectivity index (χ4n) is 3.59. The highest BCUT2D eigenvalue weighted by atomic mass is 35.5. The maximum atomic E-state index is 13.2. The highest BCUT2D eigenvalue weighted by Gasteiger charge is 2.24. The third-order valence-electron chi connectivity index (χ3n) is 5.32. The number of amides is 2. The number of likely N-dealkylation sites (N-methyl/N-ethyl adjacent to an activating group) is 1. The van der Waals surface area contributed by atoms with Crippen LogP contribution in [0.3, 0.4) is 0 Å². The van der Waals surface area contributed by atoms with Crippen molar-refractivity contribution in [1.82, 2.24) is 10.6 Å². The fraction of sp³-hybridized carbons (Fsp3) is 0.250. The summed E-state index contributed by atoms with van der Waals surface area (Å²) in [6, 6.07) is 14.7. The lowest BCUT2D eigenvalue weighted by Crippen LogP contribution is -2.30. The highest BCUT2D eigenvalue weighted by Crippen LogP contribution is 2.41. The lowest BCUT2D eigenvalue weighted by Gasteiger charge is -2.17. The molecule has 0 bridgehead atoms. The monoisotopic (exact) mass is 469 g/mol.